The molecule has 46 heavy (non-hydrogen) atoms. The summed E-state index contributed by atoms with van der Waals surface area (Å²) in [6.07, 6.45) is 6.48. The molecule has 0 bridgehead atoms. The van der Waals surface area contributed by atoms with Crippen LogP contribution in [0.2, 0.25) is 0 Å². The summed E-state index contributed by atoms with van der Waals surface area (Å²) in [7, 11) is 0. The maximum absolute atomic E-state index is 13.9. The average molecular weight is 592 g/mol. The molecule has 7 rings (SSSR count). The third-order valence-electron chi connectivity index (χ3n) is 8.45. The van der Waals surface area contributed by atoms with Crippen LogP contribution >= 0.6 is 0 Å². The molecule has 6 aromatic rings. The number of carbonyl (C=O) groups excluding carboxylic acids is 1. The van der Waals surface area contributed by atoms with Crippen molar-refractivity contribution < 1.29 is 4.79 Å². The molecule has 0 aliphatic heterocycles. The first-order valence-corrected chi connectivity index (χ1v) is 15.6. The zero-order valence-electron chi connectivity index (χ0n) is 25.5. The molecule has 0 unspecified atom stereocenters. The summed E-state index contributed by atoms with van der Waals surface area (Å²) in [5, 5.41) is 0. The van der Waals surface area contributed by atoms with Gasteiger partial charge in [-0.25, -0.2) is 0 Å². The molecule has 220 valence electrons. The monoisotopic (exact) mass is 591 g/mol. The summed E-state index contributed by atoms with van der Waals surface area (Å²) in [5.74, 6) is 0.0680. The number of ketones is 1. The van der Waals surface area contributed by atoms with E-state index in [9.17, 15) is 4.79 Å². The Morgan fingerprint density at radius 1 is 0.587 bits per heavy atom. The highest BCUT2D eigenvalue weighted by atomic mass is 16.1. The number of fused-ring (bicyclic) bond motifs is 3. The van der Waals surface area contributed by atoms with E-state index in [2.05, 4.69) is 133 Å². The van der Waals surface area contributed by atoms with Gasteiger partial charge in [0.2, 0.25) is 0 Å². The molecule has 0 spiro atoms. The molecule has 0 heterocycles. The van der Waals surface area contributed by atoms with E-state index in [0.717, 1.165) is 67.0 Å². The highest BCUT2D eigenvalue weighted by molar-refractivity contribution is 6.24. The van der Waals surface area contributed by atoms with Crippen molar-refractivity contribution in [3.8, 4) is 22.3 Å². The fraction of sp³-hybridized carbons (Fsp3) is 0.0227. The second-order valence-corrected chi connectivity index (χ2v) is 11.4. The van der Waals surface area contributed by atoms with Crippen molar-refractivity contribution in [2.75, 3.05) is 11.4 Å². The van der Waals surface area contributed by atoms with Crippen LogP contribution in [0, 0.1) is 0 Å². The minimum absolute atomic E-state index is 0.0680. The number of hydrogen-bond donors (Lipinski definition) is 0. The van der Waals surface area contributed by atoms with E-state index in [0.29, 0.717) is 6.54 Å². The molecule has 1 aliphatic rings. The maximum atomic E-state index is 13.9. The largest absolute Gasteiger partial charge is 0.337 e. The summed E-state index contributed by atoms with van der Waals surface area (Å²) in [4.78, 5) is 16.1. The molecule has 0 fully saturated rings. The molecular formula is C44H33NO. The minimum Gasteiger partial charge on any atom is -0.337 e. The Morgan fingerprint density at radius 3 is 1.91 bits per heavy atom. The first-order valence-electron chi connectivity index (χ1n) is 15.6. The first kappa shape index (κ1) is 28.8. The second-order valence-electron chi connectivity index (χ2n) is 11.4. The Labute approximate surface area is 270 Å². The van der Waals surface area contributed by atoms with Gasteiger partial charge in [-0.3, -0.25) is 4.79 Å². The van der Waals surface area contributed by atoms with Crippen molar-refractivity contribution >= 4 is 28.3 Å². The third kappa shape index (κ3) is 5.77. The zero-order chi connectivity index (χ0) is 31.3. The fourth-order valence-electron chi connectivity index (χ4n) is 6.17. The van der Waals surface area contributed by atoms with E-state index in [1.54, 1.807) is 0 Å². The van der Waals surface area contributed by atoms with E-state index in [4.69, 9.17) is 0 Å². The average Bonchev–Trinajstić information content (AvgIpc) is 3.42. The second kappa shape index (κ2) is 12.9. The van der Waals surface area contributed by atoms with Gasteiger partial charge in [0.1, 0.15) is 0 Å². The maximum Gasteiger partial charge on any atom is 0.196 e. The highest BCUT2D eigenvalue weighted by Crippen LogP contribution is 2.43. The van der Waals surface area contributed by atoms with E-state index in [-0.39, 0.29) is 5.78 Å². The lowest BCUT2D eigenvalue weighted by Gasteiger charge is -2.26. The first-order chi connectivity index (χ1) is 22.7. The summed E-state index contributed by atoms with van der Waals surface area (Å²) in [6.45, 7) is 4.93. The van der Waals surface area contributed by atoms with Crippen LogP contribution in [0.3, 0.4) is 0 Å². The van der Waals surface area contributed by atoms with Crippen molar-refractivity contribution in [3.05, 3.63) is 205 Å². The lowest BCUT2D eigenvalue weighted by atomic mass is 9.99. The van der Waals surface area contributed by atoms with Crippen molar-refractivity contribution in [1.82, 2.24) is 0 Å². The summed E-state index contributed by atoms with van der Waals surface area (Å²) in [5.41, 5.74) is 11.9. The smallest absolute Gasteiger partial charge is 0.196 e. The summed E-state index contributed by atoms with van der Waals surface area (Å²) < 4.78 is 0. The molecule has 1 aliphatic carbocycles. The number of benzene rings is 6. The van der Waals surface area contributed by atoms with Crippen LogP contribution in [0.15, 0.2) is 183 Å². The topological polar surface area (TPSA) is 20.3 Å². The number of hydrogen-bond acceptors (Lipinski definition) is 2. The van der Waals surface area contributed by atoms with Crippen LogP contribution in [0.25, 0.3) is 33.4 Å². The number of nitrogens with zero attached hydrogens (tertiary/aromatic N) is 1. The van der Waals surface area contributed by atoms with Gasteiger partial charge in [0.25, 0.3) is 0 Å². The van der Waals surface area contributed by atoms with Crippen LogP contribution in [-0.2, 0) is 0 Å². The van der Waals surface area contributed by atoms with Gasteiger partial charge in [0.15, 0.2) is 5.78 Å². The van der Waals surface area contributed by atoms with Crippen LogP contribution in [-0.4, -0.2) is 12.3 Å². The molecule has 2 heteroatoms. The van der Waals surface area contributed by atoms with Crippen LogP contribution in [0.1, 0.15) is 27.0 Å². The number of rotatable bonds is 9. The predicted octanol–water partition coefficient (Wildman–Crippen LogP) is 11.1. The fourth-order valence-corrected chi connectivity index (χ4v) is 6.17. The van der Waals surface area contributed by atoms with Gasteiger partial charge in [0.05, 0.1) is 11.3 Å². The van der Waals surface area contributed by atoms with E-state index >= 15 is 0 Å². The molecule has 0 amide bonds. The molecule has 0 N–H and O–H groups in total. The van der Waals surface area contributed by atoms with E-state index in [1.807, 2.05) is 54.6 Å². The molecule has 0 aromatic heterocycles. The highest BCUT2D eigenvalue weighted by Gasteiger charge is 2.30. The van der Waals surface area contributed by atoms with Gasteiger partial charge in [-0.15, -0.1) is 0 Å². The molecule has 6 aromatic carbocycles. The number of allylic oxidation sites excluding steroid dienone is 4. The zero-order valence-corrected chi connectivity index (χ0v) is 25.5. The minimum atomic E-state index is 0.0680. The molecule has 0 saturated carbocycles. The summed E-state index contributed by atoms with van der Waals surface area (Å²) >= 11 is 0. The van der Waals surface area contributed by atoms with Crippen molar-refractivity contribution in [3.63, 3.8) is 0 Å². The molecular weight excluding hydrogens is 558 g/mol. The van der Waals surface area contributed by atoms with Crippen molar-refractivity contribution in [2.45, 2.75) is 0 Å². The van der Waals surface area contributed by atoms with Gasteiger partial charge in [-0.2, -0.15) is 0 Å². The van der Waals surface area contributed by atoms with Gasteiger partial charge >= 0.3 is 0 Å². The number of carbonyl (C=O) groups is 1. The number of anilines is 2. The third-order valence-corrected chi connectivity index (χ3v) is 8.45. The Hall–Kier alpha value is -5.99. The Bertz CT molecular complexity index is 2090. The standard InChI is InChI=1S/C44H33NO/c1-32(33-16-5-2-6-17-33)30-36(34-18-7-3-8-19-34)23-15-29-45(38-24-13-22-37(31-38)35-20-9-4-10-21-35)42-28-14-27-40-39-25-11-12-26-41(39)44(46)43(40)42/h2-28,30-31H,1,29H2/b23-15-,36-30+. The van der Waals surface area contributed by atoms with Gasteiger partial charge in [0, 0.05) is 17.8 Å². The molecule has 0 radical (unpaired) electrons. The Balaban J connectivity index is 1.31. The van der Waals surface area contributed by atoms with E-state index < -0.39 is 0 Å². The lowest BCUT2D eigenvalue weighted by molar-refractivity contribution is 0.104. The van der Waals surface area contributed by atoms with Crippen molar-refractivity contribution in [1.29, 1.82) is 0 Å². The SMILES string of the molecule is C=C(/C=C(\C=C/CN(c1cccc(-c2ccccc2)c1)c1cccc2c1C(=O)c1ccccc1-2)c1ccccc1)c1ccccc1. The summed E-state index contributed by atoms with van der Waals surface area (Å²) in [6, 6.07) is 53.7. The molecule has 0 atom stereocenters. The van der Waals surface area contributed by atoms with Gasteiger partial charge in [-0.1, -0.05) is 158 Å². The Morgan fingerprint density at radius 2 is 1.17 bits per heavy atom. The molecule has 0 saturated heterocycles. The quantitative estimate of drug-likeness (QED) is 0.156. The molecule has 2 nitrogen and oxygen atoms in total. The predicted molar refractivity (Wildman–Crippen MR) is 193 cm³/mol. The van der Waals surface area contributed by atoms with Crippen molar-refractivity contribution in [2.24, 2.45) is 0 Å². The van der Waals surface area contributed by atoms with Gasteiger partial charge in [-0.05, 0) is 68.8 Å². The van der Waals surface area contributed by atoms with E-state index in [1.165, 1.54) is 0 Å². The lowest BCUT2D eigenvalue weighted by Crippen LogP contribution is -2.19. The normalized spacial score (nSPS) is 12.2. The van der Waals surface area contributed by atoms with Crippen LogP contribution in [0.5, 0.6) is 0 Å². The van der Waals surface area contributed by atoms with Gasteiger partial charge < -0.3 is 4.90 Å². The van der Waals surface area contributed by atoms with Crippen LogP contribution < -0.4 is 4.90 Å². The van der Waals surface area contributed by atoms with Crippen LogP contribution in [0.4, 0.5) is 11.4 Å². The Kier molecular flexibility index (Phi) is 8.09.